The maximum Gasteiger partial charge on any atom is 0.416 e. The highest BCUT2D eigenvalue weighted by Gasteiger charge is 2.30. The second-order valence-electron chi connectivity index (χ2n) is 5.95. The second kappa shape index (κ2) is 7.59. The van der Waals surface area contributed by atoms with Gasteiger partial charge in [0.2, 0.25) is 5.95 Å². The average molecular weight is 365 g/mol. The Morgan fingerprint density at radius 1 is 1.19 bits per heavy atom. The van der Waals surface area contributed by atoms with Crippen molar-refractivity contribution in [2.45, 2.75) is 25.1 Å². The van der Waals surface area contributed by atoms with Crippen LogP contribution in [-0.4, -0.2) is 35.1 Å². The van der Waals surface area contributed by atoms with Crippen LogP contribution in [0.3, 0.4) is 0 Å². The third-order valence-electron chi connectivity index (χ3n) is 4.15. The number of hydrogen-bond donors (Lipinski definition) is 2. The molecule has 1 unspecified atom stereocenters. The summed E-state index contributed by atoms with van der Waals surface area (Å²) in [6, 6.07) is 5.66. The van der Waals surface area contributed by atoms with Crippen LogP contribution in [-0.2, 0) is 6.18 Å². The lowest BCUT2D eigenvalue weighted by molar-refractivity contribution is -0.137. The van der Waals surface area contributed by atoms with E-state index in [9.17, 15) is 18.0 Å². The number of carbonyl (C=O) groups excluding carboxylic acids is 1. The van der Waals surface area contributed by atoms with Crippen LogP contribution in [0.2, 0.25) is 0 Å². The number of hydrogen-bond acceptors (Lipinski definition) is 4. The molecule has 1 aromatic heterocycles. The van der Waals surface area contributed by atoms with E-state index in [1.165, 1.54) is 12.1 Å². The van der Waals surface area contributed by atoms with E-state index in [1.54, 1.807) is 18.5 Å². The topological polar surface area (TPSA) is 70.2 Å². The van der Waals surface area contributed by atoms with Crippen molar-refractivity contribution in [2.75, 3.05) is 23.3 Å². The van der Waals surface area contributed by atoms with Crippen LogP contribution in [0.5, 0.6) is 0 Å². The number of aromatic nitrogens is 2. The van der Waals surface area contributed by atoms with Crippen molar-refractivity contribution in [1.82, 2.24) is 15.3 Å². The molecule has 2 aromatic rings. The number of nitrogens with one attached hydrogen (secondary N) is 2. The zero-order valence-corrected chi connectivity index (χ0v) is 13.8. The molecule has 2 N–H and O–H groups in total. The number of alkyl halides is 3. The molecule has 1 fully saturated rings. The van der Waals surface area contributed by atoms with Gasteiger partial charge in [0.05, 0.1) is 5.56 Å². The number of anilines is 2. The predicted octanol–water partition coefficient (Wildman–Crippen LogP) is 3.29. The molecule has 1 saturated heterocycles. The van der Waals surface area contributed by atoms with Crippen molar-refractivity contribution >= 4 is 17.7 Å². The lowest BCUT2D eigenvalue weighted by atomic mass is 10.2. The van der Waals surface area contributed by atoms with Crippen LogP contribution in [0.15, 0.2) is 42.7 Å². The van der Waals surface area contributed by atoms with E-state index in [-0.39, 0.29) is 6.04 Å². The third-order valence-corrected chi connectivity index (χ3v) is 4.15. The molecule has 138 valence electrons. The maximum atomic E-state index is 12.5. The molecular formula is C17H18F3N5O. The summed E-state index contributed by atoms with van der Waals surface area (Å²) in [4.78, 5) is 22.5. The standard InChI is InChI=1S/C17H18F3N5O/c18-17(19,20)12-4-6-13(7-5-12)24-16(26)23-11-14-3-1-10-25(14)15-21-8-2-9-22-15/h2,4-9,14H,1,3,10-11H2,(H2,23,24,26). The Morgan fingerprint density at radius 2 is 1.88 bits per heavy atom. The average Bonchev–Trinajstić information content (AvgIpc) is 3.09. The van der Waals surface area contributed by atoms with Gasteiger partial charge >= 0.3 is 12.2 Å². The second-order valence-corrected chi connectivity index (χ2v) is 5.95. The van der Waals surface area contributed by atoms with E-state index in [1.807, 2.05) is 4.90 Å². The zero-order chi connectivity index (χ0) is 18.6. The summed E-state index contributed by atoms with van der Waals surface area (Å²) in [5, 5.41) is 5.28. The van der Waals surface area contributed by atoms with Gasteiger partial charge in [0, 0.05) is 37.2 Å². The Kier molecular flexibility index (Phi) is 5.24. The third kappa shape index (κ3) is 4.41. The first kappa shape index (κ1) is 18.0. The lowest BCUT2D eigenvalue weighted by Gasteiger charge is -2.24. The van der Waals surface area contributed by atoms with Crippen LogP contribution in [0.1, 0.15) is 18.4 Å². The Morgan fingerprint density at radius 3 is 2.54 bits per heavy atom. The van der Waals surface area contributed by atoms with Gasteiger partial charge in [-0.15, -0.1) is 0 Å². The molecular weight excluding hydrogens is 347 g/mol. The minimum absolute atomic E-state index is 0.0794. The number of nitrogens with zero attached hydrogens (tertiary/aromatic N) is 3. The molecule has 2 heterocycles. The highest BCUT2D eigenvalue weighted by molar-refractivity contribution is 5.89. The molecule has 2 amide bonds. The van der Waals surface area contributed by atoms with Gasteiger partial charge in [0.15, 0.2) is 0 Å². The molecule has 0 aliphatic carbocycles. The first-order valence-electron chi connectivity index (χ1n) is 8.19. The fourth-order valence-corrected chi connectivity index (χ4v) is 2.88. The number of carbonyl (C=O) groups is 1. The van der Waals surface area contributed by atoms with E-state index in [2.05, 4.69) is 20.6 Å². The van der Waals surface area contributed by atoms with Crippen LogP contribution in [0.4, 0.5) is 29.6 Å². The molecule has 1 aliphatic heterocycles. The Hall–Kier alpha value is -2.84. The normalized spacial score (nSPS) is 17.2. The highest BCUT2D eigenvalue weighted by atomic mass is 19.4. The number of halogens is 3. The summed E-state index contributed by atoms with van der Waals surface area (Å²) in [5.74, 6) is 0.625. The van der Waals surface area contributed by atoms with Gasteiger partial charge in [0.1, 0.15) is 0 Å². The quantitative estimate of drug-likeness (QED) is 0.872. The largest absolute Gasteiger partial charge is 0.416 e. The van der Waals surface area contributed by atoms with Gasteiger partial charge < -0.3 is 15.5 Å². The number of benzene rings is 1. The SMILES string of the molecule is O=C(NCC1CCCN1c1ncccn1)Nc1ccc(C(F)(F)F)cc1. The Bertz CT molecular complexity index is 736. The Labute approximate surface area is 148 Å². The zero-order valence-electron chi connectivity index (χ0n) is 13.8. The molecule has 1 atom stereocenters. The highest BCUT2D eigenvalue weighted by Crippen LogP contribution is 2.29. The molecule has 1 aliphatic rings. The summed E-state index contributed by atoms with van der Waals surface area (Å²) in [6.45, 7) is 1.21. The molecule has 0 spiro atoms. The molecule has 1 aromatic carbocycles. The summed E-state index contributed by atoms with van der Waals surface area (Å²) < 4.78 is 37.6. The fourth-order valence-electron chi connectivity index (χ4n) is 2.88. The van der Waals surface area contributed by atoms with Gasteiger partial charge in [-0.2, -0.15) is 13.2 Å². The van der Waals surface area contributed by atoms with E-state index in [0.29, 0.717) is 18.2 Å². The van der Waals surface area contributed by atoms with Gasteiger partial charge in [-0.1, -0.05) is 0 Å². The minimum atomic E-state index is -4.40. The number of rotatable bonds is 4. The fraction of sp³-hybridized carbons (Fsp3) is 0.353. The van der Waals surface area contributed by atoms with E-state index in [4.69, 9.17) is 0 Å². The van der Waals surface area contributed by atoms with Crippen molar-refractivity contribution in [3.8, 4) is 0 Å². The van der Waals surface area contributed by atoms with Crippen molar-refractivity contribution < 1.29 is 18.0 Å². The van der Waals surface area contributed by atoms with Gasteiger partial charge in [0.25, 0.3) is 0 Å². The van der Waals surface area contributed by atoms with Gasteiger partial charge in [-0.3, -0.25) is 0 Å². The van der Waals surface area contributed by atoms with Crippen molar-refractivity contribution in [2.24, 2.45) is 0 Å². The summed E-state index contributed by atoms with van der Waals surface area (Å²) in [7, 11) is 0. The van der Waals surface area contributed by atoms with Crippen molar-refractivity contribution in [3.63, 3.8) is 0 Å². The first-order chi connectivity index (χ1) is 12.4. The maximum absolute atomic E-state index is 12.5. The lowest BCUT2D eigenvalue weighted by Crippen LogP contribution is -2.42. The molecule has 9 heteroatoms. The van der Waals surface area contributed by atoms with E-state index >= 15 is 0 Å². The van der Waals surface area contributed by atoms with Crippen LogP contribution in [0, 0.1) is 0 Å². The number of urea groups is 1. The molecule has 3 rings (SSSR count). The van der Waals surface area contributed by atoms with E-state index in [0.717, 1.165) is 31.5 Å². The molecule has 0 bridgehead atoms. The molecule has 6 nitrogen and oxygen atoms in total. The van der Waals surface area contributed by atoms with Crippen molar-refractivity contribution in [1.29, 1.82) is 0 Å². The summed E-state index contributed by atoms with van der Waals surface area (Å²) in [6.07, 6.45) is 0.821. The minimum Gasteiger partial charge on any atom is -0.336 e. The van der Waals surface area contributed by atoms with Crippen LogP contribution >= 0.6 is 0 Å². The van der Waals surface area contributed by atoms with Gasteiger partial charge in [-0.25, -0.2) is 14.8 Å². The molecule has 0 saturated carbocycles. The van der Waals surface area contributed by atoms with Crippen LogP contribution in [0.25, 0.3) is 0 Å². The first-order valence-corrected chi connectivity index (χ1v) is 8.19. The van der Waals surface area contributed by atoms with E-state index < -0.39 is 17.8 Å². The van der Waals surface area contributed by atoms with Crippen molar-refractivity contribution in [3.05, 3.63) is 48.3 Å². The smallest absolute Gasteiger partial charge is 0.336 e. The van der Waals surface area contributed by atoms with Gasteiger partial charge in [-0.05, 0) is 43.2 Å². The molecule has 0 radical (unpaired) electrons. The van der Waals surface area contributed by atoms with Crippen LogP contribution < -0.4 is 15.5 Å². The monoisotopic (exact) mass is 365 g/mol. The molecule has 26 heavy (non-hydrogen) atoms. The summed E-state index contributed by atoms with van der Waals surface area (Å²) >= 11 is 0. The summed E-state index contributed by atoms with van der Waals surface area (Å²) in [5.41, 5.74) is -0.460. The predicted molar refractivity (Wildman–Crippen MR) is 90.9 cm³/mol. The Balaban J connectivity index is 1.52. The number of amides is 2.